The Morgan fingerprint density at radius 2 is 1.94 bits per heavy atom. The summed E-state index contributed by atoms with van der Waals surface area (Å²) >= 11 is 0. The molecule has 1 aliphatic heterocycles. The average Bonchev–Trinajstić information content (AvgIpc) is 2.41. The predicted molar refractivity (Wildman–Crippen MR) is 74.7 cm³/mol. The Balaban J connectivity index is 1.85. The molecule has 0 spiro atoms. The number of nitrogens with zero attached hydrogens (tertiary/aromatic N) is 2. The topological polar surface area (TPSA) is 16.1 Å². The van der Waals surface area contributed by atoms with Gasteiger partial charge in [0, 0.05) is 30.5 Å². The van der Waals surface area contributed by atoms with Crippen LogP contribution in [0.15, 0.2) is 73.2 Å². The van der Waals surface area contributed by atoms with E-state index in [-0.39, 0.29) is 0 Å². The number of pyridine rings is 1. The third kappa shape index (κ3) is 2.18. The summed E-state index contributed by atoms with van der Waals surface area (Å²) < 4.78 is 0. The number of rotatable bonds is 2. The van der Waals surface area contributed by atoms with E-state index >= 15 is 0 Å². The van der Waals surface area contributed by atoms with E-state index in [0.717, 1.165) is 17.6 Å². The van der Waals surface area contributed by atoms with Crippen LogP contribution in [0.25, 0.3) is 10.9 Å². The Labute approximate surface area is 107 Å². The lowest BCUT2D eigenvalue weighted by Crippen LogP contribution is -2.11. The van der Waals surface area contributed by atoms with Gasteiger partial charge in [-0.05, 0) is 41.5 Å². The summed E-state index contributed by atoms with van der Waals surface area (Å²) in [5.41, 5.74) is 3.35. The van der Waals surface area contributed by atoms with Gasteiger partial charge >= 0.3 is 0 Å². The van der Waals surface area contributed by atoms with Crippen LogP contribution in [0.5, 0.6) is 0 Å². The summed E-state index contributed by atoms with van der Waals surface area (Å²) in [4.78, 5) is 6.47. The Morgan fingerprint density at radius 3 is 2.78 bits per heavy atom. The first-order valence-electron chi connectivity index (χ1n) is 5.96. The van der Waals surface area contributed by atoms with Crippen molar-refractivity contribution in [2.75, 3.05) is 0 Å². The lowest BCUT2D eigenvalue weighted by Gasteiger charge is -2.18. The number of hydrogen-bond donors (Lipinski definition) is 0. The molecule has 1 aliphatic rings. The molecule has 0 aliphatic carbocycles. The van der Waals surface area contributed by atoms with Crippen LogP contribution in [0.1, 0.15) is 5.56 Å². The highest BCUT2D eigenvalue weighted by Crippen LogP contribution is 2.16. The van der Waals surface area contributed by atoms with Crippen LogP contribution < -0.4 is 0 Å². The van der Waals surface area contributed by atoms with Gasteiger partial charge in [0.05, 0.1) is 5.52 Å². The van der Waals surface area contributed by atoms with Crippen molar-refractivity contribution in [2.24, 2.45) is 0 Å². The van der Waals surface area contributed by atoms with Gasteiger partial charge in [-0.15, -0.1) is 0 Å². The van der Waals surface area contributed by atoms with E-state index in [0.29, 0.717) is 0 Å². The van der Waals surface area contributed by atoms with Crippen LogP contribution in [-0.4, -0.2) is 9.88 Å². The molecule has 2 heterocycles. The zero-order chi connectivity index (χ0) is 12.4. The molecular formula is C16H14N2. The van der Waals surface area contributed by atoms with Crippen LogP contribution >= 0.6 is 0 Å². The van der Waals surface area contributed by atoms with Crippen molar-refractivity contribution in [3.05, 3.63) is 78.8 Å². The molecule has 0 fully saturated rings. The van der Waals surface area contributed by atoms with Crippen molar-refractivity contribution in [1.29, 1.82) is 0 Å². The van der Waals surface area contributed by atoms with Crippen LogP contribution in [-0.2, 0) is 6.54 Å². The van der Waals surface area contributed by atoms with Gasteiger partial charge in [0.1, 0.15) is 0 Å². The van der Waals surface area contributed by atoms with Gasteiger partial charge in [-0.1, -0.05) is 18.7 Å². The standard InChI is InChI=1S/C16H14N2/c1-13-6-9-18(10-7-13)12-14-4-5-16-15(11-14)3-2-8-17-16/h2-11H,1,12H2. The number of hydrogen-bond acceptors (Lipinski definition) is 2. The van der Waals surface area contributed by atoms with E-state index in [9.17, 15) is 0 Å². The fourth-order valence-corrected chi connectivity index (χ4v) is 2.03. The van der Waals surface area contributed by atoms with Gasteiger partial charge in [-0.25, -0.2) is 0 Å². The summed E-state index contributed by atoms with van der Waals surface area (Å²) in [6, 6.07) is 10.4. The normalized spacial score (nSPS) is 14.4. The molecule has 88 valence electrons. The first-order chi connectivity index (χ1) is 8.81. The fraction of sp³-hybridized carbons (Fsp3) is 0.0625. The van der Waals surface area contributed by atoms with Crippen molar-refractivity contribution in [2.45, 2.75) is 6.54 Å². The van der Waals surface area contributed by atoms with Crippen LogP contribution in [0.3, 0.4) is 0 Å². The molecule has 0 saturated heterocycles. The Morgan fingerprint density at radius 1 is 1.11 bits per heavy atom. The molecule has 2 heteroatoms. The van der Waals surface area contributed by atoms with E-state index in [1.165, 1.54) is 10.9 Å². The first kappa shape index (κ1) is 10.8. The first-order valence-corrected chi connectivity index (χ1v) is 5.96. The molecule has 0 saturated carbocycles. The molecule has 0 unspecified atom stereocenters. The molecular weight excluding hydrogens is 220 g/mol. The molecule has 1 aromatic carbocycles. The molecule has 2 aromatic rings. The molecule has 1 aromatic heterocycles. The summed E-state index contributed by atoms with van der Waals surface area (Å²) in [5.74, 6) is 0. The lowest BCUT2D eigenvalue weighted by molar-refractivity contribution is 0.497. The zero-order valence-electron chi connectivity index (χ0n) is 10.1. The molecule has 0 amide bonds. The number of benzene rings is 1. The van der Waals surface area contributed by atoms with Crippen molar-refractivity contribution in [3.8, 4) is 0 Å². The summed E-state index contributed by atoms with van der Waals surface area (Å²) in [5, 5.41) is 1.18. The van der Waals surface area contributed by atoms with Crippen molar-refractivity contribution < 1.29 is 0 Å². The monoisotopic (exact) mass is 234 g/mol. The SMILES string of the molecule is C=C1C=CN(Cc2ccc3ncccc3c2)C=C1. The quantitative estimate of drug-likeness (QED) is 0.788. The summed E-state index contributed by atoms with van der Waals surface area (Å²) in [6.45, 7) is 4.75. The number of allylic oxidation sites excluding steroid dienone is 3. The maximum absolute atomic E-state index is 4.33. The minimum atomic E-state index is 0.866. The minimum Gasteiger partial charge on any atom is -0.350 e. The molecule has 0 atom stereocenters. The Bertz CT molecular complexity index is 637. The van der Waals surface area contributed by atoms with Gasteiger partial charge in [-0.2, -0.15) is 0 Å². The molecule has 0 bridgehead atoms. The lowest BCUT2D eigenvalue weighted by atomic mass is 10.1. The molecule has 3 rings (SSSR count). The van der Waals surface area contributed by atoms with Crippen molar-refractivity contribution in [3.63, 3.8) is 0 Å². The second-order valence-electron chi connectivity index (χ2n) is 4.41. The number of fused-ring (bicyclic) bond motifs is 1. The maximum atomic E-state index is 4.33. The van der Waals surface area contributed by atoms with Gasteiger partial charge in [0.15, 0.2) is 0 Å². The predicted octanol–water partition coefficient (Wildman–Crippen LogP) is 3.63. The zero-order valence-corrected chi connectivity index (χ0v) is 10.1. The fourth-order valence-electron chi connectivity index (χ4n) is 2.03. The smallest absolute Gasteiger partial charge is 0.0702 e. The molecule has 0 N–H and O–H groups in total. The highest BCUT2D eigenvalue weighted by Gasteiger charge is 2.02. The molecule has 0 radical (unpaired) electrons. The average molecular weight is 234 g/mol. The van der Waals surface area contributed by atoms with E-state index in [4.69, 9.17) is 0 Å². The van der Waals surface area contributed by atoms with Crippen LogP contribution in [0, 0.1) is 0 Å². The van der Waals surface area contributed by atoms with E-state index < -0.39 is 0 Å². The largest absolute Gasteiger partial charge is 0.350 e. The van der Waals surface area contributed by atoms with Crippen LogP contribution in [0.2, 0.25) is 0 Å². The Hall–Kier alpha value is -2.35. The number of aromatic nitrogens is 1. The van der Waals surface area contributed by atoms with E-state index in [2.05, 4.69) is 53.1 Å². The summed E-state index contributed by atoms with van der Waals surface area (Å²) in [6.07, 6.45) is 9.96. The van der Waals surface area contributed by atoms with E-state index in [1.807, 2.05) is 24.4 Å². The van der Waals surface area contributed by atoms with Crippen molar-refractivity contribution >= 4 is 10.9 Å². The molecule has 18 heavy (non-hydrogen) atoms. The third-order valence-electron chi connectivity index (χ3n) is 2.99. The minimum absolute atomic E-state index is 0.866. The summed E-state index contributed by atoms with van der Waals surface area (Å²) in [7, 11) is 0. The van der Waals surface area contributed by atoms with E-state index in [1.54, 1.807) is 0 Å². The van der Waals surface area contributed by atoms with Gasteiger partial charge in [0.2, 0.25) is 0 Å². The van der Waals surface area contributed by atoms with Gasteiger partial charge in [0.25, 0.3) is 0 Å². The highest BCUT2D eigenvalue weighted by molar-refractivity contribution is 5.78. The van der Waals surface area contributed by atoms with Gasteiger partial charge < -0.3 is 4.90 Å². The third-order valence-corrected chi connectivity index (χ3v) is 2.99. The van der Waals surface area contributed by atoms with Gasteiger partial charge in [-0.3, -0.25) is 4.98 Å². The van der Waals surface area contributed by atoms with Crippen molar-refractivity contribution in [1.82, 2.24) is 9.88 Å². The maximum Gasteiger partial charge on any atom is 0.0702 e. The highest BCUT2D eigenvalue weighted by atomic mass is 15.1. The molecule has 2 nitrogen and oxygen atoms in total. The van der Waals surface area contributed by atoms with Crippen LogP contribution in [0.4, 0.5) is 0 Å². The Kier molecular flexibility index (Phi) is 2.69. The second kappa shape index (κ2) is 4.49. The second-order valence-corrected chi connectivity index (χ2v) is 4.41.